The molecule has 1 aliphatic carbocycles. The first kappa shape index (κ1) is 18.1. The van der Waals surface area contributed by atoms with E-state index in [2.05, 4.69) is 16.0 Å². The Balaban J connectivity index is 1.55. The first-order valence-corrected chi connectivity index (χ1v) is 10.1. The van der Waals surface area contributed by atoms with E-state index in [9.17, 15) is 4.79 Å². The van der Waals surface area contributed by atoms with Crippen LogP contribution < -0.4 is 9.64 Å². The predicted molar refractivity (Wildman–Crippen MR) is 111 cm³/mol. The fraction of sp³-hybridized carbons (Fsp3) is 0.348. The first-order chi connectivity index (χ1) is 14.1. The molecule has 6 nitrogen and oxygen atoms in total. The molecule has 0 radical (unpaired) electrons. The van der Waals surface area contributed by atoms with E-state index in [1.54, 1.807) is 11.1 Å². The van der Waals surface area contributed by atoms with Crippen LogP contribution in [-0.2, 0) is 10.2 Å². The maximum absolute atomic E-state index is 13.0. The monoisotopic (exact) mass is 389 g/mol. The maximum Gasteiger partial charge on any atom is 0.237 e. The summed E-state index contributed by atoms with van der Waals surface area (Å²) in [5.41, 5.74) is 4.65. The van der Waals surface area contributed by atoms with E-state index in [-0.39, 0.29) is 17.9 Å². The lowest BCUT2D eigenvalue weighted by Crippen LogP contribution is -2.43. The van der Waals surface area contributed by atoms with Crippen molar-refractivity contribution < 1.29 is 14.6 Å². The molecule has 2 aromatic heterocycles. The van der Waals surface area contributed by atoms with Gasteiger partial charge in [0.15, 0.2) is 0 Å². The van der Waals surface area contributed by atoms with Crippen molar-refractivity contribution in [1.82, 2.24) is 9.97 Å². The summed E-state index contributed by atoms with van der Waals surface area (Å²) in [4.78, 5) is 23.7. The molecule has 3 heterocycles. The molecule has 1 N–H and O–H groups in total. The standard InChI is InChI=1S/C23H23N3O3/c1-26-19-14-24-18-6-4-15(16-5-7-20(25-13-16)29-11-3-10-27)12-17(18)21(19)23(22(26)28)8-2-9-23/h4-7,12-14,27H,2-3,8-11H2,1H3. The smallest absolute Gasteiger partial charge is 0.237 e. The molecule has 1 saturated carbocycles. The molecule has 6 heteroatoms. The molecule has 0 atom stereocenters. The lowest BCUT2D eigenvalue weighted by Gasteiger charge is -2.37. The molecule has 0 saturated heterocycles. The Morgan fingerprint density at radius 2 is 1.97 bits per heavy atom. The number of amides is 1. The number of aromatic nitrogens is 2. The summed E-state index contributed by atoms with van der Waals surface area (Å²) in [6.07, 6.45) is 7.12. The number of likely N-dealkylation sites (N-methyl/N-ethyl adjacent to an activating group) is 1. The summed E-state index contributed by atoms with van der Waals surface area (Å²) in [6.45, 7) is 0.549. The normalized spacial score (nSPS) is 16.9. The fourth-order valence-electron chi connectivity index (χ4n) is 4.53. The van der Waals surface area contributed by atoms with Gasteiger partial charge >= 0.3 is 0 Å². The third kappa shape index (κ3) is 2.70. The van der Waals surface area contributed by atoms with Gasteiger partial charge in [0.05, 0.1) is 29.4 Å². The van der Waals surface area contributed by atoms with E-state index in [0.29, 0.717) is 18.9 Å². The molecule has 3 aromatic rings. The molecule has 1 aromatic carbocycles. The second-order valence-electron chi connectivity index (χ2n) is 7.86. The van der Waals surface area contributed by atoms with Crippen LogP contribution in [0.4, 0.5) is 5.69 Å². The van der Waals surface area contributed by atoms with Gasteiger partial charge in [-0.1, -0.05) is 12.5 Å². The van der Waals surface area contributed by atoms with Gasteiger partial charge in [-0.25, -0.2) is 4.98 Å². The lowest BCUT2D eigenvalue weighted by atomic mass is 9.64. The number of pyridine rings is 2. The van der Waals surface area contributed by atoms with Crippen molar-refractivity contribution in [3.63, 3.8) is 0 Å². The fourth-order valence-corrected chi connectivity index (χ4v) is 4.53. The van der Waals surface area contributed by atoms with Crippen LogP contribution in [0.15, 0.2) is 42.7 Å². The molecular formula is C23H23N3O3. The second-order valence-corrected chi connectivity index (χ2v) is 7.86. The number of nitrogens with zero attached hydrogens (tertiary/aromatic N) is 3. The molecule has 148 valence electrons. The van der Waals surface area contributed by atoms with Crippen molar-refractivity contribution in [2.45, 2.75) is 31.1 Å². The third-order valence-corrected chi connectivity index (χ3v) is 6.23. The van der Waals surface area contributed by atoms with Crippen molar-refractivity contribution in [2.24, 2.45) is 0 Å². The van der Waals surface area contributed by atoms with Crippen LogP contribution in [0, 0.1) is 0 Å². The highest BCUT2D eigenvalue weighted by Gasteiger charge is 2.54. The number of hydrogen-bond acceptors (Lipinski definition) is 5. The molecule has 1 aliphatic heterocycles. The Morgan fingerprint density at radius 1 is 1.14 bits per heavy atom. The van der Waals surface area contributed by atoms with Crippen molar-refractivity contribution in [3.05, 3.63) is 48.3 Å². The number of anilines is 1. The quantitative estimate of drug-likeness (QED) is 0.677. The number of aliphatic hydroxyl groups excluding tert-OH is 1. The van der Waals surface area contributed by atoms with Crippen molar-refractivity contribution >= 4 is 22.5 Å². The van der Waals surface area contributed by atoms with Crippen molar-refractivity contribution in [2.75, 3.05) is 25.2 Å². The number of carbonyl (C=O) groups is 1. The molecule has 29 heavy (non-hydrogen) atoms. The Morgan fingerprint density at radius 3 is 2.66 bits per heavy atom. The van der Waals surface area contributed by atoms with Crippen LogP contribution in [0.25, 0.3) is 22.0 Å². The van der Waals surface area contributed by atoms with Crippen LogP contribution >= 0.6 is 0 Å². The average Bonchev–Trinajstić information content (AvgIpc) is 2.96. The van der Waals surface area contributed by atoms with Crippen LogP contribution in [0.3, 0.4) is 0 Å². The van der Waals surface area contributed by atoms with Crippen LogP contribution in [0.1, 0.15) is 31.2 Å². The van der Waals surface area contributed by atoms with E-state index >= 15 is 0 Å². The van der Waals surface area contributed by atoms with Gasteiger partial charge in [-0.05, 0) is 36.6 Å². The maximum atomic E-state index is 13.0. The minimum absolute atomic E-state index is 0.104. The highest BCUT2D eigenvalue weighted by atomic mass is 16.5. The summed E-state index contributed by atoms with van der Waals surface area (Å²) in [5.74, 6) is 0.746. The Hall–Kier alpha value is -2.99. The van der Waals surface area contributed by atoms with Gasteiger partial charge < -0.3 is 14.7 Å². The number of fused-ring (bicyclic) bond motifs is 4. The van der Waals surface area contributed by atoms with Gasteiger partial charge in [-0.2, -0.15) is 0 Å². The second kappa shape index (κ2) is 6.81. The van der Waals surface area contributed by atoms with E-state index in [1.807, 2.05) is 37.5 Å². The number of rotatable bonds is 5. The molecule has 1 amide bonds. The van der Waals surface area contributed by atoms with Crippen molar-refractivity contribution in [1.29, 1.82) is 0 Å². The highest BCUT2D eigenvalue weighted by molar-refractivity contribution is 6.13. The number of benzene rings is 1. The zero-order chi connectivity index (χ0) is 20.0. The molecule has 0 unspecified atom stereocenters. The molecule has 1 fully saturated rings. The van der Waals surface area contributed by atoms with Crippen LogP contribution in [-0.4, -0.2) is 41.2 Å². The Kier molecular flexibility index (Phi) is 4.24. The highest BCUT2D eigenvalue weighted by Crippen LogP contribution is 2.55. The van der Waals surface area contributed by atoms with E-state index < -0.39 is 0 Å². The zero-order valence-corrected chi connectivity index (χ0v) is 16.4. The zero-order valence-electron chi connectivity index (χ0n) is 16.4. The van der Waals surface area contributed by atoms with Crippen LogP contribution in [0.2, 0.25) is 0 Å². The largest absolute Gasteiger partial charge is 0.478 e. The summed E-state index contributed by atoms with van der Waals surface area (Å²) in [6, 6.07) is 10.0. The summed E-state index contributed by atoms with van der Waals surface area (Å²) < 4.78 is 5.52. The molecular weight excluding hydrogens is 366 g/mol. The summed E-state index contributed by atoms with van der Waals surface area (Å²) in [5, 5.41) is 9.91. The molecule has 0 bridgehead atoms. The molecule has 2 aliphatic rings. The minimum Gasteiger partial charge on any atom is -0.478 e. The summed E-state index contributed by atoms with van der Waals surface area (Å²) in [7, 11) is 1.85. The molecule has 1 spiro atoms. The summed E-state index contributed by atoms with van der Waals surface area (Å²) >= 11 is 0. The topological polar surface area (TPSA) is 75.6 Å². The van der Waals surface area contributed by atoms with Crippen LogP contribution in [0.5, 0.6) is 5.88 Å². The van der Waals surface area contributed by atoms with E-state index in [4.69, 9.17) is 9.84 Å². The lowest BCUT2D eigenvalue weighted by molar-refractivity contribution is -0.125. The Bertz CT molecular complexity index is 1090. The molecule has 5 rings (SSSR count). The van der Waals surface area contributed by atoms with E-state index in [0.717, 1.165) is 52.5 Å². The number of ether oxygens (including phenoxy) is 1. The van der Waals surface area contributed by atoms with Crippen molar-refractivity contribution in [3.8, 4) is 17.0 Å². The predicted octanol–water partition coefficient (Wildman–Crippen LogP) is 3.46. The van der Waals surface area contributed by atoms with Gasteiger partial charge in [-0.3, -0.25) is 9.78 Å². The van der Waals surface area contributed by atoms with Gasteiger partial charge in [0.1, 0.15) is 0 Å². The average molecular weight is 389 g/mol. The third-order valence-electron chi connectivity index (χ3n) is 6.23. The number of aliphatic hydroxyl groups is 1. The van der Waals surface area contributed by atoms with Gasteiger partial charge in [-0.15, -0.1) is 0 Å². The van der Waals surface area contributed by atoms with Gasteiger partial charge in [0, 0.05) is 48.9 Å². The first-order valence-electron chi connectivity index (χ1n) is 10.1. The SMILES string of the molecule is CN1C(=O)C2(CCC2)c2c1cnc1ccc(-c3ccc(OCCCO)nc3)cc21. The van der Waals surface area contributed by atoms with E-state index in [1.165, 1.54) is 0 Å². The number of hydrogen-bond donors (Lipinski definition) is 1. The van der Waals surface area contributed by atoms with Gasteiger partial charge in [0.2, 0.25) is 11.8 Å². The van der Waals surface area contributed by atoms with Gasteiger partial charge in [0.25, 0.3) is 0 Å². The minimum atomic E-state index is -0.369. The number of carbonyl (C=O) groups excluding carboxylic acids is 1. The Labute approximate surface area is 169 Å².